The molecule has 0 amide bonds. The number of ether oxygens (including phenoxy) is 8. The van der Waals surface area contributed by atoms with Gasteiger partial charge >= 0.3 is 0 Å². The van der Waals surface area contributed by atoms with Crippen molar-refractivity contribution in [2.75, 3.05) is 52.9 Å². The highest BCUT2D eigenvalue weighted by molar-refractivity contribution is 5.42. The van der Waals surface area contributed by atoms with Gasteiger partial charge in [-0.2, -0.15) is 0 Å². The zero-order valence-corrected chi connectivity index (χ0v) is 27.7. The van der Waals surface area contributed by atoms with Crippen molar-refractivity contribution in [1.29, 1.82) is 0 Å². The quantitative estimate of drug-likeness (QED) is 0.129. The average Bonchev–Trinajstić information content (AvgIpc) is 3.94. The van der Waals surface area contributed by atoms with Crippen LogP contribution >= 0.6 is 0 Å². The highest BCUT2D eigenvalue weighted by Gasteiger charge is 2.26. The molecule has 48 heavy (non-hydrogen) atoms. The fourth-order valence-electron chi connectivity index (χ4n) is 5.16. The molecule has 4 saturated heterocycles. The highest BCUT2D eigenvalue weighted by atomic mass is 16.6. The van der Waals surface area contributed by atoms with Crippen LogP contribution in [0.3, 0.4) is 0 Å². The maximum atomic E-state index is 5.72. The molecule has 4 fully saturated rings. The molecule has 252 valence electrons. The van der Waals surface area contributed by atoms with Gasteiger partial charge < -0.3 is 37.9 Å². The van der Waals surface area contributed by atoms with Crippen LogP contribution in [0, 0.1) is 0 Å². The van der Waals surface area contributed by atoms with Crippen LogP contribution in [0.2, 0.25) is 0 Å². The van der Waals surface area contributed by atoms with E-state index in [-0.39, 0.29) is 17.6 Å². The maximum absolute atomic E-state index is 5.72. The topological polar surface area (TPSA) is 87.0 Å². The molecular formula is C40H44O8. The van der Waals surface area contributed by atoms with Crippen molar-refractivity contribution >= 4 is 0 Å². The van der Waals surface area contributed by atoms with Crippen molar-refractivity contribution in [2.45, 2.75) is 50.1 Å². The summed E-state index contributed by atoms with van der Waals surface area (Å²) in [5.74, 6) is 3.58. The summed E-state index contributed by atoms with van der Waals surface area (Å²) in [6.07, 6.45) is 2.05. The Morgan fingerprint density at radius 3 is 0.938 bits per heavy atom. The molecule has 8 rings (SSSR count). The van der Waals surface area contributed by atoms with E-state index in [1.54, 1.807) is 0 Å². The van der Waals surface area contributed by atoms with E-state index in [1.807, 2.05) is 48.5 Å². The van der Waals surface area contributed by atoms with Gasteiger partial charge in [-0.05, 0) is 77.2 Å². The third-order valence-corrected chi connectivity index (χ3v) is 8.76. The molecule has 0 aliphatic carbocycles. The standard InChI is InChI=1S/C21H24O4.C19H20O4/c1-21(2,15-3-7-17(8-4-15)22-11-19-13-24-19)16-5-9-18(10-6-16)23-12-20-14-25-20;1-5-16(20-10-18-12-22-18)6-2-14(1)9-15-3-7-17(8-4-15)21-11-19-13-23-19/h3-10,19-20H,11-14H2,1-2H3;1-8,18-19H,9-13H2. The van der Waals surface area contributed by atoms with E-state index in [9.17, 15) is 0 Å². The zero-order chi connectivity index (χ0) is 32.8. The van der Waals surface area contributed by atoms with Gasteiger partial charge in [-0.25, -0.2) is 0 Å². The van der Waals surface area contributed by atoms with Gasteiger partial charge in [0, 0.05) is 5.41 Å². The van der Waals surface area contributed by atoms with Crippen LogP contribution in [0.4, 0.5) is 0 Å². The highest BCUT2D eigenvalue weighted by Crippen LogP contribution is 2.33. The van der Waals surface area contributed by atoms with Crippen LogP contribution in [-0.4, -0.2) is 77.3 Å². The Kier molecular flexibility index (Phi) is 10.1. The molecule has 0 spiro atoms. The molecule has 4 heterocycles. The second-order valence-corrected chi connectivity index (χ2v) is 13.2. The maximum Gasteiger partial charge on any atom is 0.119 e. The molecule has 0 N–H and O–H groups in total. The molecule has 0 aromatic heterocycles. The monoisotopic (exact) mass is 652 g/mol. The minimum Gasteiger partial charge on any atom is -0.491 e. The van der Waals surface area contributed by atoms with Crippen molar-refractivity contribution in [3.05, 3.63) is 119 Å². The summed E-state index contributed by atoms with van der Waals surface area (Å²) >= 11 is 0. The van der Waals surface area contributed by atoms with Crippen molar-refractivity contribution in [1.82, 2.24) is 0 Å². The van der Waals surface area contributed by atoms with Crippen LogP contribution in [0.25, 0.3) is 0 Å². The van der Waals surface area contributed by atoms with Crippen molar-refractivity contribution in [3.8, 4) is 23.0 Å². The lowest BCUT2D eigenvalue weighted by Gasteiger charge is -2.26. The summed E-state index contributed by atoms with van der Waals surface area (Å²) in [7, 11) is 0. The first-order valence-electron chi connectivity index (χ1n) is 16.8. The molecular weight excluding hydrogens is 608 g/mol. The van der Waals surface area contributed by atoms with Crippen LogP contribution < -0.4 is 18.9 Å². The predicted octanol–water partition coefficient (Wildman–Crippen LogP) is 6.40. The van der Waals surface area contributed by atoms with E-state index in [0.717, 1.165) is 55.8 Å². The minimum absolute atomic E-state index is 0.0870. The van der Waals surface area contributed by atoms with E-state index in [1.165, 1.54) is 22.3 Å². The smallest absolute Gasteiger partial charge is 0.119 e. The molecule has 4 aliphatic rings. The van der Waals surface area contributed by atoms with Gasteiger partial charge in [0.2, 0.25) is 0 Å². The molecule has 4 aromatic carbocycles. The lowest BCUT2D eigenvalue weighted by atomic mass is 9.78. The van der Waals surface area contributed by atoms with Crippen LogP contribution in [0.1, 0.15) is 36.1 Å². The summed E-state index contributed by atoms with van der Waals surface area (Å²) in [4.78, 5) is 0. The van der Waals surface area contributed by atoms with Gasteiger partial charge in [-0.1, -0.05) is 62.4 Å². The Morgan fingerprint density at radius 2 is 0.688 bits per heavy atom. The second-order valence-electron chi connectivity index (χ2n) is 13.2. The van der Waals surface area contributed by atoms with E-state index >= 15 is 0 Å². The van der Waals surface area contributed by atoms with E-state index in [2.05, 4.69) is 62.4 Å². The average molecular weight is 653 g/mol. The summed E-state index contributed by atoms with van der Waals surface area (Å²) in [6, 6.07) is 33.2. The summed E-state index contributed by atoms with van der Waals surface area (Å²) in [5.41, 5.74) is 4.95. The molecule has 4 aromatic rings. The Hall–Kier alpha value is -4.08. The first-order chi connectivity index (χ1) is 23.5. The number of epoxide rings is 4. The molecule has 8 heteroatoms. The Balaban J connectivity index is 0.000000152. The molecule has 0 bridgehead atoms. The van der Waals surface area contributed by atoms with Gasteiger partial charge in [0.15, 0.2) is 0 Å². The lowest BCUT2D eigenvalue weighted by molar-refractivity contribution is 0.263. The van der Waals surface area contributed by atoms with E-state index in [4.69, 9.17) is 37.9 Å². The van der Waals surface area contributed by atoms with Gasteiger partial charge in [0.25, 0.3) is 0 Å². The lowest BCUT2D eigenvalue weighted by Crippen LogP contribution is -2.18. The number of benzene rings is 4. The largest absolute Gasteiger partial charge is 0.491 e. The minimum atomic E-state index is -0.0870. The summed E-state index contributed by atoms with van der Waals surface area (Å²) in [5, 5.41) is 0. The van der Waals surface area contributed by atoms with Gasteiger partial charge in [0.05, 0.1) is 26.4 Å². The Bertz CT molecular complexity index is 1450. The Labute approximate surface area is 282 Å². The van der Waals surface area contributed by atoms with Crippen molar-refractivity contribution in [3.63, 3.8) is 0 Å². The molecule has 8 nitrogen and oxygen atoms in total. The first kappa shape index (κ1) is 32.5. The van der Waals surface area contributed by atoms with Gasteiger partial charge in [-0.15, -0.1) is 0 Å². The third-order valence-electron chi connectivity index (χ3n) is 8.76. The Morgan fingerprint density at radius 1 is 0.438 bits per heavy atom. The number of rotatable bonds is 16. The number of hydrogen-bond acceptors (Lipinski definition) is 8. The molecule has 4 atom stereocenters. The van der Waals surface area contributed by atoms with Crippen LogP contribution in [-0.2, 0) is 30.8 Å². The van der Waals surface area contributed by atoms with Crippen LogP contribution in [0.5, 0.6) is 23.0 Å². The zero-order valence-electron chi connectivity index (χ0n) is 27.7. The van der Waals surface area contributed by atoms with Crippen molar-refractivity contribution < 1.29 is 37.9 Å². The summed E-state index contributed by atoms with van der Waals surface area (Å²) in [6.45, 7) is 10.3. The SMILES string of the molecule is CC(C)(c1ccc(OCC2CO2)cc1)c1ccc(OCC2CO2)cc1.c1cc(OCC2CO2)ccc1Cc1ccc(OCC2CO2)cc1. The molecule has 0 saturated carbocycles. The number of hydrogen-bond donors (Lipinski definition) is 0. The predicted molar refractivity (Wildman–Crippen MR) is 182 cm³/mol. The van der Waals surface area contributed by atoms with E-state index < -0.39 is 0 Å². The first-order valence-corrected chi connectivity index (χ1v) is 16.8. The fourth-order valence-corrected chi connectivity index (χ4v) is 5.16. The van der Waals surface area contributed by atoms with Gasteiger partial charge in [-0.3, -0.25) is 0 Å². The van der Waals surface area contributed by atoms with Crippen molar-refractivity contribution in [2.24, 2.45) is 0 Å². The molecule has 0 radical (unpaired) electrons. The fraction of sp³-hybridized carbons (Fsp3) is 0.400. The molecule has 4 aliphatic heterocycles. The van der Waals surface area contributed by atoms with Gasteiger partial charge in [0.1, 0.15) is 73.8 Å². The molecule has 4 unspecified atom stereocenters. The second kappa shape index (κ2) is 15.0. The van der Waals surface area contributed by atoms with E-state index in [0.29, 0.717) is 38.6 Å². The third kappa shape index (κ3) is 9.97. The normalized spacial score (nSPS) is 21.7. The van der Waals surface area contributed by atoms with Crippen LogP contribution in [0.15, 0.2) is 97.1 Å². The summed E-state index contributed by atoms with van der Waals surface area (Å²) < 4.78 is 43.3.